The molecule has 6 atom stereocenters. The Morgan fingerprint density at radius 2 is 2.05 bits per heavy atom. The van der Waals surface area contributed by atoms with Gasteiger partial charge in [0.25, 0.3) is 0 Å². The minimum absolute atomic E-state index is 0.00275. The fourth-order valence-corrected chi connectivity index (χ4v) is 3.29. The van der Waals surface area contributed by atoms with Crippen LogP contribution in [-0.2, 0) is 4.74 Å². The van der Waals surface area contributed by atoms with Crippen molar-refractivity contribution in [3.63, 3.8) is 0 Å². The van der Waals surface area contributed by atoms with E-state index < -0.39 is 18.5 Å². The second-order valence-electron chi connectivity index (χ2n) is 5.86. The normalized spacial score (nSPS) is 39.9. The number of hydrogen-bond acceptors (Lipinski definition) is 4. The van der Waals surface area contributed by atoms with Crippen LogP contribution in [0.4, 0.5) is 0 Å². The van der Waals surface area contributed by atoms with Crippen molar-refractivity contribution in [3.05, 3.63) is 12.2 Å². The molecule has 0 bridgehead atoms. The summed E-state index contributed by atoms with van der Waals surface area (Å²) in [5.41, 5.74) is 0. The van der Waals surface area contributed by atoms with E-state index in [1.54, 1.807) is 6.08 Å². The van der Waals surface area contributed by atoms with Gasteiger partial charge in [-0.15, -0.1) is 0 Å². The Hall–Kier alpha value is -0.420. The highest BCUT2D eigenvalue weighted by Gasteiger charge is 2.47. The first kappa shape index (κ1) is 15.0. The molecule has 6 unspecified atom stereocenters. The number of unbranched alkanes of at least 4 members (excludes halogenated alkanes) is 2. The molecule has 0 spiro atoms. The van der Waals surface area contributed by atoms with Crippen LogP contribution in [-0.4, -0.2) is 39.9 Å². The van der Waals surface area contributed by atoms with Crippen LogP contribution in [0.15, 0.2) is 12.2 Å². The lowest BCUT2D eigenvalue weighted by molar-refractivity contribution is -0.0949. The van der Waals surface area contributed by atoms with Crippen LogP contribution in [0.5, 0.6) is 0 Å². The molecule has 2 rings (SSSR count). The van der Waals surface area contributed by atoms with Gasteiger partial charge in [0.15, 0.2) is 6.29 Å². The van der Waals surface area contributed by atoms with Crippen molar-refractivity contribution in [3.8, 4) is 0 Å². The van der Waals surface area contributed by atoms with Crippen molar-refractivity contribution in [2.75, 3.05) is 0 Å². The zero-order valence-corrected chi connectivity index (χ0v) is 11.6. The fraction of sp³-hybridized carbons (Fsp3) is 0.867. The standard InChI is InChI=1S/C15H26O4/c1-2-3-4-5-10(16)6-7-11-12-8-15(18)19-14(12)9-13(11)17/h6-7,10-18H,2-5,8-9H2,1H3/b7-6+. The maximum atomic E-state index is 10.0. The van der Waals surface area contributed by atoms with Crippen LogP contribution in [0.1, 0.15) is 45.4 Å². The van der Waals surface area contributed by atoms with E-state index in [0.29, 0.717) is 12.8 Å². The SMILES string of the molecule is CCCCCC(O)/C=C/C1C(O)CC2OC(O)CC21. The van der Waals surface area contributed by atoms with Crippen LogP contribution < -0.4 is 0 Å². The summed E-state index contributed by atoms with van der Waals surface area (Å²) in [5.74, 6) is 0.187. The highest BCUT2D eigenvalue weighted by molar-refractivity contribution is 5.06. The first-order chi connectivity index (χ1) is 9.11. The van der Waals surface area contributed by atoms with E-state index in [4.69, 9.17) is 4.74 Å². The van der Waals surface area contributed by atoms with Gasteiger partial charge in [0.2, 0.25) is 0 Å². The van der Waals surface area contributed by atoms with Gasteiger partial charge < -0.3 is 20.1 Å². The van der Waals surface area contributed by atoms with Gasteiger partial charge >= 0.3 is 0 Å². The van der Waals surface area contributed by atoms with Crippen molar-refractivity contribution in [1.82, 2.24) is 0 Å². The summed E-state index contributed by atoms with van der Waals surface area (Å²) in [7, 11) is 0. The first-order valence-corrected chi connectivity index (χ1v) is 7.49. The Labute approximate surface area is 115 Å². The molecule has 2 aliphatic rings. The largest absolute Gasteiger partial charge is 0.392 e. The Balaban J connectivity index is 1.83. The molecule has 4 heteroatoms. The van der Waals surface area contributed by atoms with Gasteiger partial charge in [0.05, 0.1) is 18.3 Å². The van der Waals surface area contributed by atoms with Crippen molar-refractivity contribution in [1.29, 1.82) is 0 Å². The van der Waals surface area contributed by atoms with Gasteiger partial charge in [-0.05, 0) is 12.3 Å². The van der Waals surface area contributed by atoms with Crippen molar-refractivity contribution in [2.24, 2.45) is 11.8 Å². The maximum Gasteiger partial charge on any atom is 0.155 e. The molecule has 1 saturated carbocycles. The molecule has 1 heterocycles. The van der Waals surface area contributed by atoms with E-state index in [-0.39, 0.29) is 17.9 Å². The molecule has 0 aromatic heterocycles. The number of aliphatic hydroxyl groups is 3. The minimum atomic E-state index is -0.687. The van der Waals surface area contributed by atoms with E-state index in [0.717, 1.165) is 25.7 Å². The Bertz CT molecular complexity index is 305. The lowest BCUT2D eigenvalue weighted by Crippen LogP contribution is -2.19. The Morgan fingerprint density at radius 1 is 1.26 bits per heavy atom. The van der Waals surface area contributed by atoms with Crippen molar-refractivity contribution < 1.29 is 20.1 Å². The predicted molar refractivity (Wildman–Crippen MR) is 72.4 cm³/mol. The van der Waals surface area contributed by atoms with Gasteiger partial charge in [0.1, 0.15) is 0 Å². The molecule has 0 aromatic carbocycles. The number of ether oxygens (including phenoxy) is 1. The molecule has 4 nitrogen and oxygen atoms in total. The van der Waals surface area contributed by atoms with Crippen LogP contribution in [0.3, 0.4) is 0 Å². The molecule has 1 aliphatic carbocycles. The summed E-state index contributed by atoms with van der Waals surface area (Å²) >= 11 is 0. The highest BCUT2D eigenvalue weighted by Crippen LogP contribution is 2.43. The van der Waals surface area contributed by atoms with Gasteiger partial charge in [-0.3, -0.25) is 0 Å². The third-order valence-electron chi connectivity index (χ3n) is 4.35. The van der Waals surface area contributed by atoms with Crippen LogP contribution in [0.2, 0.25) is 0 Å². The van der Waals surface area contributed by atoms with E-state index >= 15 is 0 Å². The minimum Gasteiger partial charge on any atom is -0.392 e. The zero-order chi connectivity index (χ0) is 13.8. The van der Waals surface area contributed by atoms with Crippen LogP contribution in [0, 0.1) is 11.8 Å². The Kier molecular flexibility index (Phi) is 5.39. The topological polar surface area (TPSA) is 69.9 Å². The number of aliphatic hydroxyl groups excluding tert-OH is 3. The first-order valence-electron chi connectivity index (χ1n) is 7.49. The molecule has 19 heavy (non-hydrogen) atoms. The van der Waals surface area contributed by atoms with E-state index in [1.807, 2.05) is 6.08 Å². The Morgan fingerprint density at radius 3 is 2.79 bits per heavy atom. The molecule has 3 N–H and O–H groups in total. The quantitative estimate of drug-likeness (QED) is 0.506. The summed E-state index contributed by atoms with van der Waals surface area (Å²) in [6.07, 6.45) is 7.44. The number of fused-ring (bicyclic) bond motifs is 1. The lowest BCUT2D eigenvalue weighted by atomic mass is 9.91. The molecule has 0 aromatic rings. The summed E-state index contributed by atoms with van der Waals surface area (Å²) in [5, 5.41) is 29.4. The lowest BCUT2D eigenvalue weighted by Gasteiger charge is -2.16. The third-order valence-corrected chi connectivity index (χ3v) is 4.35. The molecular weight excluding hydrogens is 244 g/mol. The molecule has 0 amide bonds. The van der Waals surface area contributed by atoms with Gasteiger partial charge in [-0.25, -0.2) is 0 Å². The fourth-order valence-electron chi connectivity index (χ4n) is 3.29. The van der Waals surface area contributed by atoms with Gasteiger partial charge in [-0.1, -0.05) is 38.3 Å². The monoisotopic (exact) mass is 270 g/mol. The third kappa shape index (κ3) is 3.78. The predicted octanol–water partition coefficient (Wildman–Crippen LogP) is 1.59. The van der Waals surface area contributed by atoms with Crippen LogP contribution in [0.25, 0.3) is 0 Å². The second kappa shape index (κ2) is 6.84. The number of hydrogen-bond donors (Lipinski definition) is 3. The van der Waals surface area contributed by atoms with Crippen molar-refractivity contribution in [2.45, 2.75) is 70.1 Å². The molecular formula is C15H26O4. The molecule has 2 fully saturated rings. The van der Waals surface area contributed by atoms with Gasteiger partial charge in [0, 0.05) is 18.8 Å². The van der Waals surface area contributed by atoms with E-state index in [9.17, 15) is 15.3 Å². The smallest absolute Gasteiger partial charge is 0.155 e. The van der Waals surface area contributed by atoms with Gasteiger partial charge in [-0.2, -0.15) is 0 Å². The average Bonchev–Trinajstić information content (AvgIpc) is 2.82. The maximum absolute atomic E-state index is 10.0. The summed E-state index contributed by atoms with van der Waals surface area (Å²) in [4.78, 5) is 0. The molecule has 0 radical (unpaired) electrons. The molecule has 110 valence electrons. The van der Waals surface area contributed by atoms with E-state index in [1.165, 1.54) is 0 Å². The summed E-state index contributed by atoms with van der Waals surface area (Å²) < 4.78 is 5.37. The zero-order valence-electron chi connectivity index (χ0n) is 11.6. The molecule has 1 aliphatic heterocycles. The average molecular weight is 270 g/mol. The van der Waals surface area contributed by atoms with E-state index in [2.05, 4.69) is 6.92 Å². The molecule has 1 saturated heterocycles. The van der Waals surface area contributed by atoms with Crippen LogP contribution >= 0.6 is 0 Å². The highest BCUT2D eigenvalue weighted by atomic mass is 16.6. The summed E-state index contributed by atoms with van der Waals surface area (Å²) in [6, 6.07) is 0. The van der Waals surface area contributed by atoms with Crippen molar-refractivity contribution >= 4 is 0 Å². The number of rotatable bonds is 6. The summed E-state index contributed by atoms with van der Waals surface area (Å²) in [6.45, 7) is 2.14. The second-order valence-corrected chi connectivity index (χ2v) is 5.86.